The van der Waals surface area contributed by atoms with Gasteiger partial charge in [-0.2, -0.15) is 0 Å². The maximum Gasteiger partial charge on any atom is 0.409 e. The molecule has 0 saturated carbocycles. The highest BCUT2D eigenvalue weighted by Crippen LogP contribution is 2.14. The van der Waals surface area contributed by atoms with E-state index in [2.05, 4.69) is 24.5 Å². The molecule has 0 saturated heterocycles. The molecule has 0 aromatic heterocycles. The number of carbonyl (C=O) groups excluding carboxylic acids is 3. The van der Waals surface area contributed by atoms with E-state index in [1.165, 1.54) is 135 Å². The Kier molecular flexibility index (Phi) is 37.1. The maximum atomic E-state index is 13.1. The highest BCUT2D eigenvalue weighted by Gasteiger charge is 2.20. The van der Waals surface area contributed by atoms with Crippen LogP contribution in [0, 0.1) is 0 Å². The van der Waals surface area contributed by atoms with Crippen LogP contribution < -0.4 is 10.6 Å². The monoisotopic (exact) mass is 752 g/mol. The number of nitrogens with one attached hydrogen (secondary N) is 2. The molecule has 0 aliphatic heterocycles. The van der Waals surface area contributed by atoms with Crippen LogP contribution in [0.25, 0.3) is 0 Å². The van der Waals surface area contributed by atoms with Gasteiger partial charge in [0.2, 0.25) is 11.8 Å². The van der Waals surface area contributed by atoms with E-state index in [4.69, 9.17) is 4.74 Å². The van der Waals surface area contributed by atoms with E-state index in [9.17, 15) is 14.4 Å². The van der Waals surface area contributed by atoms with E-state index < -0.39 is 6.04 Å². The highest BCUT2D eigenvalue weighted by atomic mass is 16.6. The van der Waals surface area contributed by atoms with Crippen molar-refractivity contribution in [2.45, 2.75) is 200 Å². The van der Waals surface area contributed by atoms with Gasteiger partial charge in [-0.25, -0.2) is 4.79 Å². The van der Waals surface area contributed by atoms with E-state index in [1.807, 2.05) is 38.0 Å². The molecule has 1 atom stereocenters. The Bertz CT molecular complexity index is 829. The number of amides is 3. The Morgan fingerprint density at radius 3 is 1.17 bits per heavy atom. The summed E-state index contributed by atoms with van der Waals surface area (Å²) in [7, 11) is 7.94. The summed E-state index contributed by atoms with van der Waals surface area (Å²) in [5, 5.41) is 6.07. The number of rotatable bonds is 39. The molecule has 9 heteroatoms. The summed E-state index contributed by atoms with van der Waals surface area (Å²) in [6.45, 7) is 7.41. The number of hydrogen-bond acceptors (Lipinski definition) is 6. The van der Waals surface area contributed by atoms with Gasteiger partial charge in [0.1, 0.15) is 6.61 Å². The predicted molar refractivity (Wildman–Crippen MR) is 226 cm³/mol. The van der Waals surface area contributed by atoms with Gasteiger partial charge in [0.25, 0.3) is 0 Å². The Morgan fingerprint density at radius 1 is 0.472 bits per heavy atom. The van der Waals surface area contributed by atoms with Crippen LogP contribution in [0.4, 0.5) is 4.79 Å². The van der Waals surface area contributed by atoms with Crippen LogP contribution in [0.3, 0.4) is 0 Å². The van der Waals surface area contributed by atoms with Crippen molar-refractivity contribution < 1.29 is 19.1 Å². The van der Waals surface area contributed by atoms with Gasteiger partial charge in [0.15, 0.2) is 0 Å². The fourth-order valence-corrected chi connectivity index (χ4v) is 6.58. The van der Waals surface area contributed by atoms with Crippen molar-refractivity contribution in [2.75, 3.05) is 67.5 Å². The molecule has 1 unspecified atom stereocenters. The van der Waals surface area contributed by atoms with Crippen molar-refractivity contribution in [3.63, 3.8) is 0 Å². The molecule has 0 heterocycles. The molecule has 9 nitrogen and oxygen atoms in total. The van der Waals surface area contributed by atoms with E-state index in [0.29, 0.717) is 25.9 Å². The normalized spacial score (nSPS) is 12.0. The van der Waals surface area contributed by atoms with Crippen molar-refractivity contribution in [3.8, 4) is 0 Å². The summed E-state index contributed by atoms with van der Waals surface area (Å²) in [6.07, 6.45) is 33.6. The quantitative estimate of drug-likeness (QED) is 0.0608. The number of unbranched alkanes of at least 4 members (excludes halogenated alkanes) is 24. The molecular weight excluding hydrogens is 663 g/mol. The fourth-order valence-electron chi connectivity index (χ4n) is 6.58. The first kappa shape index (κ1) is 51.1. The lowest BCUT2D eigenvalue weighted by Gasteiger charge is -2.26. The fraction of sp³-hybridized carbons (Fsp3) is 0.932. The minimum Gasteiger partial charge on any atom is -0.447 e. The van der Waals surface area contributed by atoms with Gasteiger partial charge >= 0.3 is 6.09 Å². The lowest BCUT2D eigenvalue weighted by atomic mass is 10.0. The predicted octanol–water partition coefficient (Wildman–Crippen LogP) is 10.1. The second kappa shape index (κ2) is 38.4. The Balaban J connectivity index is 4.59. The van der Waals surface area contributed by atoms with Crippen LogP contribution in [0.5, 0.6) is 0 Å². The molecule has 3 amide bonds. The van der Waals surface area contributed by atoms with Crippen LogP contribution in [0.15, 0.2) is 0 Å². The summed E-state index contributed by atoms with van der Waals surface area (Å²) >= 11 is 0. The zero-order valence-corrected chi connectivity index (χ0v) is 36.1. The number of likely N-dealkylation sites (N-methyl/N-ethyl adjacent to an activating group) is 2. The third kappa shape index (κ3) is 36.9. The smallest absolute Gasteiger partial charge is 0.409 e. The molecule has 0 bridgehead atoms. The molecule has 53 heavy (non-hydrogen) atoms. The largest absolute Gasteiger partial charge is 0.447 e. The number of hydrogen-bond donors (Lipinski definition) is 2. The first-order valence-electron chi connectivity index (χ1n) is 22.5. The zero-order chi connectivity index (χ0) is 39.2. The molecule has 314 valence electrons. The zero-order valence-electron chi connectivity index (χ0n) is 36.1. The van der Waals surface area contributed by atoms with Gasteiger partial charge < -0.3 is 30.1 Å². The van der Waals surface area contributed by atoms with Crippen LogP contribution in [0.1, 0.15) is 194 Å². The Labute approximate surface area is 328 Å². The Morgan fingerprint density at radius 2 is 0.811 bits per heavy atom. The molecule has 2 N–H and O–H groups in total. The molecule has 0 aliphatic rings. The first-order chi connectivity index (χ1) is 25.7. The summed E-state index contributed by atoms with van der Waals surface area (Å²) < 4.78 is 5.75. The van der Waals surface area contributed by atoms with E-state index in [0.717, 1.165) is 45.2 Å². The lowest BCUT2D eigenvalue weighted by Crippen LogP contribution is -2.48. The van der Waals surface area contributed by atoms with Crippen molar-refractivity contribution in [2.24, 2.45) is 0 Å². The van der Waals surface area contributed by atoms with Gasteiger partial charge in [-0.05, 0) is 41.0 Å². The summed E-state index contributed by atoms with van der Waals surface area (Å²) in [5.41, 5.74) is 0. The summed E-state index contributed by atoms with van der Waals surface area (Å²) in [6, 6.07) is -0.464. The van der Waals surface area contributed by atoms with Crippen molar-refractivity contribution in [3.05, 3.63) is 0 Å². The lowest BCUT2D eigenvalue weighted by molar-refractivity contribution is -0.124. The van der Waals surface area contributed by atoms with E-state index in [1.54, 1.807) is 4.90 Å². The second-order valence-electron chi connectivity index (χ2n) is 16.2. The standard InChI is InChI=1S/C44H89N5O4/c1-7-9-11-13-15-17-19-21-23-25-27-29-31-33-42(50)45-39-41(40-53-44(52)49(37-35-47(3)4)38-36-48(5)6)46-43(51)34-32-30-28-26-24-22-20-18-16-14-12-10-8-2/h41H,7-40H2,1-6H3,(H,45,50)(H,46,51). The van der Waals surface area contributed by atoms with Crippen molar-refractivity contribution in [1.82, 2.24) is 25.3 Å². The molecular formula is C44H89N5O4. The van der Waals surface area contributed by atoms with E-state index >= 15 is 0 Å². The third-order valence-corrected chi connectivity index (χ3v) is 10.2. The van der Waals surface area contributed by atoms with Gasteiger partial charge in [-0.15, -0.1) is 0 Å². The Hall–Kier alpha value is -1.87. The van der Waals surface area contributed by atoms with Crippen LogP contribution in [-0.4, -0.2) is 106 Å². The molecule has 0 aromatic carbocycles. The first-order valence-corrected chi connectivity index (χ1v) is 22.5. The number of ether oxygens (including phenoxy) is 1. The molecule has 0 fully saturated rings. The van der Waals surface area contributed by atoms with Gasteiger partial charge in [0.05, 0.1) is 6.04 Å². The van der Waals surface area contributed by atoms with Crippen molar-refractivity contribution >= 4 is 17.9 Å². The van der Waals surface area contributed by atoms with Crippen LogP contribution in [-0.2, 0) is 14.3 Å². The SMILES string of the molecule is CCCCCCCCCCCCCCCC(=O)NCC(COC(=O)N(CCN(C)C)CCN(C)C)NC(=O)CCCCCCCCCCCCCCC. The summed E-state index contributed by atoms with van der Waals surface area (Å²) in [4.78, 5) is 44.6. The molecule has 0 spiro atoms. The van der Waals surface area contributed by atoms with E-state index in [-0.39, 0.29) is 31.1 Å². The average molecular weight is 752 g/mol. The highest BCUT2D eigenvalue weighted by molar-refractivity contribution is 5.77. The number of nitrogens with zero attached hydrogens (tertiary/aromatic N) is 3. The van der Waals surface area contributed by atoms with Crippen LogP contribution in [0.2, 0.25) is 0 Å². The maximum absolute atomic E-state index is 13.1. The second-order valence-corrected chi connectivity index (χ2v) is 16.2. The number of carbonyl (C=O) groups is 3. The average Bonchev–Trinajstić information content (AvgIpc) is 3.12. The topological polar surface area (TPSA) is 94.2 Å². The third-order valence-electron chi connectivity index (χ3n) is 10.2. The van der Waals surface area contributed by atoms with Gasteiger partial charge in [-0.1, -0.05) is 168 Å². The minimum absolute atomic E-state index is 0.00580. The molecule has 0 rings (SSSR count). The summed E-state index contributed by atoms with van der Waals surface area (Å²) in [5.74, 6) is -0.0503. The minimum atomic E-state index is -0.464. The van der Waals surface area contributed by atoms with Gasteiger partial charge in [-0.3, -0.25) is 9.59 Å². The molecule has 0 radical (unpaired) electrons. The van der Waals surface area contributed by atoms with Gasteiger partial charge in [0, 0.05) is 45.6 Å². The van der Waals surface area contributed by atoms with Crippen LogP contribution >= 0.6 is 0 Å². The molecule has 0 aliphatic carbocycles. The molecule has 0 aromatic rings. The van der Waals surface area contributed by atoms with Crippen molar-refractivity contribution in [1.29, 1.82) is 0 Å².